The number of urea groups is 1. The van der Waals surface area contributed by atoms with Crippen molar-refractivity contribution >= 4 is 17.6 Å². The second-order valence-corrected chi connectivity index (χ2v) is 6.71. The number of carbonyl (C=O) groups excluding carboxylic acids is 2. The first kappa shape index (κ1) is 20.2. The number of nitrogens with one attached hydrogen (secondary N) is 3. The lowest BCUT2D eigenvalue weighted by Gasteiger charge is -2.20. The smallest absolute Gasteiger partial charge is 0.319 e. The van der Waals surface area contributed by atoms with Crippen LogP contribution in [0, 0.1) is 6.92 Å². The summed E-state index contributed by atoms with van der Waals surface area (Å²) in [6.45, 7) is 8.64. The van der Waals surface area contributed by atoms with Gasteiger partial charge < -0.3 is 25.6 Å². The summed E-state index contributed by atoms with van der Waals surface area (Å²) in [5.41, 5.74) is 2.06. The van der Waals surface area contributed by atoms with Crippen LogP contribution in [0.2, 0.25) is 0 Å². The summed E-state index contributed by atoms with van der Waals surface area (Å²) in [5.74, 6) is -0.135. The molecule has 0 aliphatic carbocycles. The number of amides is 3. The van der Waals surface area contributed by atoms with Gasteiger partial charge in [0.25, 0.3) is 5.91 Å². The number of rotatable bonds is 7. The van der Waals surface area contributed by atoms with Crippen molar-refractivity contribution in [3.05, 3.63) is 29.3 Å². The molecule has 0 spiro atoms. The highest BCUT2D eigenvalue weighted by Gasteiger charge is 2.32. The number of benzene rings is 1. The first-order chi connectivity index (χ1) is 12.4. The van der Waals surface area contributed by atoms with E-state index in [1.807, 2.05) is 33.9 Å². The number of hydrogen-bond acceptors (Lipinski definition) is 4. The molecule has 3 N–H and O–H groups in total. The maximum absolute atomic E-state index is 12.4. The standard InChI is InChI=1S/C19H30N4O3/c1-5-9-20-18(24)14-8-7-13(3)15(10-14)21-19(25)22-16-11-23(4)12-17(16)26-6-2/h7-8,10,16-17H,5-6,9,11-12H2,1-4H3,(H,20,24)(H2,21,22,25)/t16-,17-/m1/s1. The average molecular weight is 362 g/mol. The molecule has 1 heterocycles. The highest BCUT2D eigenvalue weighted by Crippen LogP contribution is 2.18. The van der Waals surface area contributed by atoms with Gasteiger partial charge in [-0.05, 0) is 45.0 Å². The van der Waals surface area contributed by atoms with Crippen LogP contribution in [0.15, 0.2) is 18.2 Å². The predicted octanol–water partition coefficient (Wildman–Crippen LogP) is 1.98. The quantitative estimate of drug-likeness (QED) is 0.693. The number of ether oxygens (including phenoxy) is 1. The molecule has 26 heavy (non-hydrogen) atoms. The molecular formula is C19H30N4O3. The van der Waals surface area contributed by atoms with E-state index < -0.39 is 0 Å². The highest BCUT2D eigenvalue weighted by molar-refractivity contribution is 5.97. The van der Waals surface area contributed by atoms with Crippen molar-refractivity contribution in [2.75, 3.05) is 38.6 Å². The topological polar surface area (TPSA) is 82.7 Å². The fraction of sp³-hybridized carbons (Fsp3) is 0.579. The van der Waals surface area contributed by atoms with Crippen LogP contribution in [-0.2, 0) is 4.74 Å². The van der Waals surface area contributed by atoms with E-state index in [9.17, 15) is 9.59 Å². The van der Waals surface area contributed by atoms with Gasteiger partial charge in [-0.15, -0.1) is 0 Å². The Balaban J connectivity index is 2.00. The van der Waals surface area contributed by atoms with Crippen molar-refractivity contribution in [3.63, 3.8) is 0 Å². The van der Waals surface area contributed by atoms with Crippen molar-refractivity contribution in [2.24, 2.45) is 0 Å². The number of anilines is 1. The fourth-order valence-corrected chi connectivity index (χ4v) is 3.05. The summed E-state index contributed by atoms with van der Waals surface area (Å²) in [5, 5.41) is 8.69. The molecule has 1 aromatic carbocycles. The van der Waals surface area contributed by atoms with E-state index in [1.165, 1.54) is 0 Å². The molecule has 0 bridgehead atoms. The van der Waals surface area contributed by atoms with Gasteiger partial charge in [-0.3, -0.25) is 4.79 Å². The second kappa shape index (κ2) is 9.54. The minimum absolute atomic E-state index is 0.0111. The maximum Gasteiger partial charge on any atom is 0.319 e. The van der Waals surface area contributed by atoms with E-state index >= 15 is 0 Å². The first-order valence-electron chi connectivity index (χ1n) is 9.21. The van der Waals surface area contributed by atoms with Crippen LogP contribution in [0.4, 0.5) is 10.5 Å². The number of likely N-dealkylation sites (tertiary alicyclic amines) is 1. The molecule has 144 valence electrons. The van der Waals surface area contributed by atoms with Crippen LogP contribution in [0.25, 0.3) is 0 Å². The molecule has 2 rings (SSSR count). The van der Waals surface area contributed by atoms with Gasteiger partial charge in [-0.1, -0.05) is 13.0 Å². The van der Waals surface area contributed by atoms with Crippen molar-refractivity contribution in [2.45, 2.75) is 39.3 Å². The Morgan fingerprint density at radius 3 is 2.73 bits per heavy atom. The van der Waals surface area contributed by atoms with Gasteiger partial charge in [0.2, 0.25) is 0 Å². The van der Waals surface area contributed by atoms with Crippen LogP contribution in [-0.4, -0.2) is 62.3 Å². The van der Waals surface area contributed by atoms with Crippen LogP contribution >= 0.6 is 0 Å². The van der Waals surface area contributed by atoms with Gasteiger partial charge in [-0.25, -0.2) is 4.79 Å². The molecule has 1 aromatic rings. The molecule has 1 fully saturated rings. The molecule has 0 unspecified atom stereocenters. The fourth-order valence-electron chi connectivity index (χ4n) is 3.05. The molecule has 0 aromatic heterocycles. The van der Waals surface area contributed by atoms with E-state index in [1.54, 1.807) is 12.1 Å². The zero-order chi connectivity index (χ0) is 19.1. The van der Waals surface area contributed by atoms with Crippen molar-refractivity contribution in [1.82, 2.24) is 15.5 Å². The Hall–Kier alpha value is -2.12. The van der Waals surface area contributed by atoms with E-state index in [-0.39, 0.29) is 24.1 Å². The number of likely N-dealkylation sites (N-methyl/N-ethyl adjacent to an activating group) is 1. The number of hydrogen-bond donors (Lipinski definition) is 3. The lowest BCUT2D eigenvalue weighted by molar-refractivity contribution is 0.0568. The summed E-state index contributed by atoms with van der Waals surface area (Å²) in [4.78, 5) is 26.7. The lowest BCUT2D eigenvalue weighted by atomic mass is 10.1. The summed E-state index contributed by atoms with van der Waals surface area (Å²) in [7, 11) is 2.01. The molecule has 7 nitrogen and oxygen atoms in total. The molecule has 1 saturated heterocycles. The molecular weight excluding hydrogens is 332 g/mol. The number of carbonyl (C=O) groups is 2. The van der Waals surface area contributed by atoms with Crippen LogP contribution in [0.3, 0.4) is 0 Å². The Labute approximate surface area is 155 Å². The van der Waals surface area contributed by atoms with E-state index in [0.29, 0.717) is 24.4 Å². The van der Waals surface area contributed by atoms with Crippen LogP contribution in [0.5, 0.6) is 0 Å². The Kier molecular flexibility index (Phi) is 7.41. The zero-order valence-electron chi connectivity index (χ0n) is 16.1. The molecule has 3 amide bonds. The number of nitrogens with zero attached hydrogens (tertiary/aromatic N) is 1. The third-order valence-electron chi connectivity index (χ3n) is 4.43. The predicted molar refractivity (Wildman–Crippen MR) is 103 cm³/mol. The van der Waals surface area contributed by atoms with Gasteiger partial charge in [0, 0.05) is 37.5 Å². The van der Waals surface area contributed by atoms with E-state index in [4.69, 9.17) is 4.74 Å². The van der Waals surface area contributed by atoms with Crippen molar-refractivity contribution < 1.29 is 14.3 Å². The number of aryl methyl sites for hydroxylation is 1. The van der Waals surface area contributed by atoms with Gasteiger partial charge in [0.1, 0.15) is 0 Å². The van der Waals surface area contributed by atoms with Crippen molar-refractivity contribution in [3.8, 4) is 0 Å². The molecule has 0 saturated carbocycles. The molecule has 0 radical (unpaired) electrons. The molecule has 1 aliphatic heterocycles. The van der Waals surface area contributed by atoms with Gasteiger partial charge in [-0.2, -0.15) is 0 Å². The third-order valence-corrected chi connectivity index (χ3v) is 4.43. The molecule has 7 heteroatoms. The Morgan fingerprint density at radius 1 is 1.27 bits per heavy atom. The summed E-state index contributed by atoms with van der Waals surface area (Å²) in [6.07, 6.45) is 0.866. The Morgan fingerprint density at radius 2 is 2.04 bits per heavy atom. The molecule has 1 aliphatic rings. The Bertz CT molecular complexity index is 635. The van der Waals surface area contributed by atoms with Gasteiger partial charge >= 0.3 is 6.03 Å². The maximum atomic E-state index is 12.4. The van der Waals surface area contributed by atoms with Gasteiger partial charge in [0.15, 0.2) is 0 Å². The minimum atomic E-state index is -0.288. The van der Waals surface area contributed by atoms with Crippen LogP contribution < -0.4 is 16.0 Å². The third kappa shape index (κ3) is 5.44. The first-order valence-corrected chi connectivity index (χ1v) is 9.21. The SMILES string of the molecule is CCCNC(=O)c1ccc(C)c(NC(=O)N[C@@H]2CN(C)C[C@H]2OCC)c1. The normalized spacial score (nSPS) is 20.0. The van der Waals surface area contributed by atoms with Crippen LogP contribution in [0.1, 0.15) is 36.2 Å². The zero-order valence-corrected chi connectivity index (χ0v) is 16.1. The summed E-state index contributed by atoms with van der Waals surface area (Å²) >= 11 is 0. The summed E-state index contributed by atoms with van der Waals surface area (Å²) < 4.78 is 5.71. The van der Waals surface area contributed by atoms with Gasteiger partial charge in [0.05, 0.1) is 12.1 Å². The van der Waals surface area contributed by atoms with Crippen molar-refractivity contribution in [1.29, 1.82) is 0 Å². The second-order valence-electron chi connectivity index (χ2n) is 6.71. The minimum Gasteiger partial charge on any atom is -0.375 e. The largest absolute Gasteiger partial charge is 0.375 e. The molecule has 2 atom stereocenters. The highest BCUT2D eigenvalue weighted by atomic mass is 16.5. The average Bonchev–Trinajstić information content (AvgIpc) is 2.94. The monoisotopic (exact) mass is 362 g/mol. The van der Waals surface area contributed by atoms with E-state index in [2.05, 4.69) is 20.9 Å². The van der Waals surface area contributed by atoms with E-state index in [0.717, 1.165) is 25.1 Å². The summed E-state index contributed by atoms with van der Waals surface area (Å²) in [6, 6.07) is 4.96. The lowest BCUT2D eigenvalue weighted by Crippen LogP contribution is -2.45.